The normalized spacial score (nSPS) is 27.3. The van der Waals surface area contributed by atoms with Gasteiger partial charge in [-0.15, -0.1) is 0 Å². The fourth-order valence-corrected chi connectivity index (χ4v) is 3.93. The van der Waals surface area contributed by atoms with Gasteiger partial charge < -0.3 is 10.6 Å². The topological polar surface area (TPSA) is 46.1 Å². The van der Waals surface area contributed by atoms with Crippen LogP contribution in [0.15, 0.2) is 4.99 Å². The third kappa shape index (κ3) is 5.60. The number of nitrogens with zero attached hydrogens (tertiary/aromatic N) is 4. The lowest BCUT2D eigenvalue weighted by Gasteiger charge is -2.47. The molecule has 3 saturated heterocycles. The van der Waals surface area contributed by atoms with E-state index in [1.165, 1.54) is 32.7 Å². The van der Waals surface area contributed by atoms with Gasteiger partial charge in [0, 0.05) is 77.5 Å². The summed E-state index contributed by atoms with van der Waals surface area (Å²) >= 11 is 0. The number of guanidine groups is 1. The zero-order valence-electron chi connectivity index (χ0n) is 16.4. The van der Waals surface area contributed by atoms with Gasteiger partial charge in [-0.05, 0) is 34.1 Å². The van der Waals surface area contributed by atoms with Crippen molar-refractivity contribution in [2.24, 2.45) is 4.99 Å². The first-order valence-corrected chi connectivity index (χ1v) is 9.68. The van der Waals surface area contributed by atoms with Crippen LogP contribution in [-0.2, 0) is 0 Å². The number of piperazine rings is 3. The third-order valence-electron chi connectivity index (χ3n) is 5.33. The summed E-state index contributed by atoms with van der Waals surface area (Å²) in [6, 6.07) is 1.84. The molecule has 6 nitrogen and oxygen atoms in total. The minimum Gasteiger partial charge on any atom is -0.356 e. The van der Waals surface area contributed by atoms with Crippen LogP contribution >= 0.6 is 0 Å². The molecule has 6 heteroatoms. The van der Waals surface area contributed by atoms with E-state index in [1.54, 1.807) is 0 Å². The summed E-state index contributed by atoms with van der Waals surface area (Å²) < 4.78 is 0. The number of aliphatic imine (C=N–C) groups is 1. The van der Waals surface area contributed by atoms with Crippen LogP contribution in [-0.4, -0.2) is 98.2 Å². The molecule has 3 rings (SSSR count). The molecular weight excluding hydrogens is 300 g/mol. The predicted octanol–water partition coefficient (Wildman–Crippen LogP) is 0.660. The second-order valence-electron chi connectivity index (χ2n) is 7.65. The maximum absolute atomic E-state index is 4.37. The summed E-state index contributed by atoms with van der Waals surface area (Å²) in [7, 11) is 1.86. The highest BCUT2D eigenvalue weighted by atomic mass is 15.4. The number of hydrogen-bond acceptors (Lipinski definition) is 4. The first-order chi connectivity index (χ1) is 11.5. The van der Waals surface area contributed by atoms with Gasteiger partial charge in [0.1, 0.15) is 0 Å². The first-order valence-electron chi connectivity index (χ1n) is 9.68. The van der Waals surface area contributed by atoms with Crippen LogP contribution < -0.4 is 10.6 Å². The minimum atomic E-state index is 0.605. The third-order valence-corrected chi connectivity index (χ3v) is 5.33. The molecule has 3 aliphatic rings. The predicted molar refractivity (Wildman–Crippen MR) is 103 cm³/mol. The number of hydrogen-bond donors (Lipinski definition) is 2. The second-order valence-corrected chi connectivity index (χ2v) is 7.65. The van der Waals surface area contributed by atoms with Gasteiger partial charge >= 0.3 is 0 Å². The van der Waals surface area contributed by atoms with Crippen molar-refractivity contribution >= 4 is 5.96 Å². The van der Waals surface area contributed by atoms with Gasteiger partial charge in [-0.2, -0.15) is 0 Å². The monoisotopic (exact) mass is 338 g/mol. The van der Waals surface area contributed by atoms with Crippen molar-refractivity contribution in [2.45, 2.75) is 52.2 Å². The highest BCUT2D eigenvalue weighted by Crippen LogP contribution is 2.14. The molecule has 0 aromatic heterocycles. The highest BCUT2D eigenvalue weighted by molar-refractivity contribution is 5.79. The van der Waals surface area contributed by atoms with Gasteiger partial charge in [-0.1, -0.05) is 0 Å². The van der Waals surface area contributed by atoms with Crippen molar-refractivity contribution in [1.29, 1.82) is 0 Å². The molecule has 0 saturated carbocycles. The molecule has 0 spiro atoms. The zero-order valence-corrected chi connectivity index (χ0v) is 16.4. The number of rotatable bonds is 8. The van der Waals surface area contributed by atoms with E-state index >= 15 is 0 Å². The van der Waals surface area contributed by atoms with Crippen molar-refractivity contribution in [3.05, 3.63) is 0 Å². The fraction of sp³-hybridized carbons (Fsp3) is 0.944. The Morgan fingerprint density at radius 1 is 1.08 bits per heavy atom. The molecule has 0 amide bonds. The van der Waals surface area contributed by atoms with E-state index in [0.29, 0.717) is 18.1 Å². The van der Waals surface area contributed by atoms with Crippen LogP contribution in [0.25, 0.3) is 0 Å². The Bertz CT molecular complexity index is 379. The second kappa shape index (κ2) is 9.59. The molecule has 2 bridgehead atoms. The van der Waals surface area contributed by atoms with Crippen LogP contribution in [0.2, 0.25) is 0 Å². The van der Waals surface area contributed by atoms with Gasteiger partial charge in [0.15, 0.2) is 5.96 Å². The van der Waals surface area contributed by atoms with Crippen LogP contribution in [0, 0.1) is 0 Å². The lowest BCUT2D eigenvalue weighted by atomic mass is 10.1. The molecular formula is C18H38N6. The molecule has 0 aliphatic carbocycles. The maximum Gasteiger partial charge on any atom is 0.191 e. The molecule has 3 fully saturated rings. The average molecular weight is 339 g/mol. The molecule has 140 valence electrons. The molecule has 0 aromatic carbocycles. The van der Waals surface area contributed by atoms with Gasteiger partial charge in [0.05, 0.1) is 0 Å². The Hall–Kier alpha value is -0.850. The van der Waals surface area contributed by atoms with E-state index in [-0.39, 0.29) is 0 Å². The highest BCUT2D eigenvalue weighted by Gasteiger charge is 2.31. The molecule has 3 heterocycles. The van der Waals surface area contributed by atoms with Gasteiger partial charge in [0.2, 0.25) is 0 Å². The molecule has 0 radical (unpaired) electrons. The fourth-order valence-electron chi connectivity index (χ4n) is 3.93. The summed E-state index contributed by atoms with van der Waals surface area (Å²) in [5.74, 6) is 0.938. The number of nitrogens with one attached hydrogen (secondary N) is 2. The van der Waals surface area contributed by atoms with Crippen LogP contribution in [0.5, 0.6) is 0 Å². The van der Waals surface area contributed by atoms with E-state index in [2.05, 4.69) is 58.0 Å². The van der Waals surface area contributed by atoms with Crippen molar-refractivity contribution in [3.63, 3.8) is 0 Å². The molecule has 3 aliphatic heterocycles. The minimum absolute atomic E-state index is 0.605. The summed E-state index contributed by atoms with van der Waals surface area (Å²) in [5, 5.41) is 6.98. The van der Waals surface area contributed by atoms with E-state index in [1.807, 2.05) is 7.05 Å². The smallest absolute Gasteiger partial charge is 0.191 e. The Kier molecular flexibility index (Phi) is 7.78. The van der Waals surface area contributed by atoms with Crippen molar-refractivity contribution in [3.8, 4) is 0 Å². The first kappa shape index (κ1) is 19.5. The van der Waals surface area contributed by atoms with Crippen molar-refractivity contribution in [1.82, 2.24) is 25.3 Å². The molecule has 1 unspecified atom stereocenters. The van der Waals surface area contributed by atoms with E-state index in [0.717, 1.165) is 32.0 Å². The summed E-state index contributed by atoms with van der Waals surface area (Å²) in [6.07, 6.45) is 1.14. The SMILES string of the molecule is CN=C(NCCCN(C(C)C)C(C)C)NCC1CN2CCN1CC2. The summed E-state index contributed by atoms with van der Waals surface area (Å²) in [6.45, 7) is 18.3. The van der Waals surface area contributed by atoms with E-state index in [4.69, 9.17) is 0 Å². The van der Waals surface area contributed by atoms with E-state index < -0.39 is 0 Å². The maximum atomic E-state index is 4.37. The molecule has 2 N–H and O–H groups in total. The van der Waals surface area contributed by atoms with Crippen molar-refractivity contribution < 1.29 is 0 Å². The Labute approximate surface area is 148 Å². The average Bonchev–Trinajstić information content (AvgIpc) is 2.57. The van der Waals surface area contributed by atoms with Gasteiger partial charge in [0.25, 0.3) is 0 Å². The van der Waals surface area contributed by atoms with Crippen LogP contribution in [0.3, 0.4) is 0 Å². The molecule has 24 heavy (non-hydrogen) atoms. The van der Waals surface area contributed by atoms with Gasteiger partial charge in [-0.3, -0.25) is 19.7 Å². The van der Waals surface area contributed by atoms with E-state index in [9.17, 15) is 0 Å². The molecule has 0 aromatic rings. The Morgan fingerprint density at radius 2 is 1.75 bits per heavy atom. The lowest BCUT2D eigenvalue weighted by molar-refractivity contribution is 0.0154. The zero-order chi connectivity index (χ0) is 17.5. The Balaban J connectivity index is 1.64. The number of fused-ring (bicyclic) bond motifs is 3. The standard InChI is InChI=1S/C18H38N6/c1-15(2)24(16(3)4)8-6-7-20-18(19-5)21-13-17-14-22-9-11-23(17)12-10-22/h15-17H,6-14H2,1-5H3,(H2,19,20,21). The Morgan fingerprint density at radius 3 is 2.25 bits per heavy atom. The summed E-state index contributed by atoms with van der Waals surface area (Å²) in [5.41, 5.74) is 0. The lowest BCUT2D eigenvalue weighted by Crippen LogP contribution is -2.63. The largest absolute Gasteiger partial charge is 0.356 e. The van der Waals surface area contributed by atoms with Crippen molar-refractivity contribution in [2.75, 3.05) is 59.4 Å². The quantitative estimate of drug-likeness (QED) is 0.387. The summed E-state index contributed by atoms with van der Waals surface area (Å²) in [4.78, 5) is 12.1. The van der Waals surface area contributed by atoms with Crippen LogP contribution in [0.1, 0.15) is 34.1 Å². The van der Waals surface area contributed by atoms with Crippen LogP contribution in [0.4, 0.5) is 0 Å². The van der Waals surface area contributed by atoms with Gasteiger partial charge in [-0.25, -0.2) is 0 Å². The molecule has 1 atom stereocenters.